The fourth-order valence-electron chi connectivity index (χ4n) is 2.98. The fraction of sp³-hybridized carbons (Fsp3) is 0.474. The lowest BCUT2D eigenvalue weighted by atomic mass is 9.93. The largest absolute Gasteiger partial charge is 0.492 e. The first-order valence-electron chi connectivity index (χ1n) is 8.94. The third-order valence-corrected chi connectivity index (χ3v) is 4.82. The minimum absolute atomic E-state index is 0.257. The van der Waals surface area contributed by atoms with Gasteiger partial charge in [-0.25, -0.2) is 9.59 Å². The average molecular weight is 488 g/mol. The number of rotatable bonds is 8. The molecule has 1 aromatic rings. The van der Waals surface area contributed by atoms with Gasteiger partial charge in [0.2, 0.25) is 0 Å². The van der Waals surface area contributed by atoms with Gasteiger partial charge in [-0.3, -0.25) is 0 Å². The minimum Gasteiger partial charge on any atom is -0.492 e. The maximum atomic E-state index is 12.7. The third-order valence-electron chi connectivity index (χ3n) is 4.02. The standard InChI is InChI=1S/C19H25IN2O5/c1-5-8-13-15(18(23)27-7-3)16(22-19(24)21-13)11-9-12(20)17(25-4)14(10-11)26-6-2/h9-10,16H,5-8H2,1-4H3,(H2,21,22,24)/t16-/m0/s1. The number of hydrogen-bond donors (Lipinski definition) is 2. The van der Waals surface area contributed by atoms with E-state index in [0.717, 1.165) is 15.6 Å². The van der Waals surface area contributed by atoms with Crippen LogP contribution in [0.4, 0.5) is 4.79 Å². The molecule has 1 atom stereocenters. The van der Waals surface area contributed by atoms with E-state index in [1.165, 1.54) is 0 Å². The van der Waals surface area contributed by atoms with Crippen molar-refractivity contribution in [2.45, 2.75) is 39.7 Å². The first-order chi connectivity index (χ1) is 13.0. The van der Waals surface area contributed by atoms with Gasteiger partial charge in [-0.1, -0.05) is 13.3 Å². The Labute approximate surface area is 173 Å². The summed E-state index contributed by atoms with van der Waals surface area (Å²) in [5.41, 5.74) is 1.74. The number of methoxy groups -OCH3 is 1. The highest BCUT2D eigenvalue weighted by molar-refractivity contribution is 14.1. The lowest BCUT2D eigenvalue weighted by molar-refractivity contribution is -0.139. The molecule has 2 amide bonds. The second-order valence-corrected chi connectivity index (χ2v) is 7.02. The maximum absolute atomic E-state index is 12.7. The predicted molar refractivity (Wildman–Crippen MR) is 110 cm³/mol. The molecule has 0 saturated carbocycles. The van der Waals surface area contributed by atoms with Crippen molar-refractivity contribution in [3.05, 3.63) is 32.5 Å². The number of esters is 1. The van der Waals surface area contributed by atoms with Crippen LogP contribution in [0, 0.1) is 3.57 Å². The Morgan fingerprint density at radius 3 is 2.56 bits per heavy atom. The van der Waals surface area contributed by atoms with Gasteiger partial charge in [0.15, 0.2) is 11.5 Å². The van der Waals surface area contributed by atoms with E-state index in [2.05, 4.69) is 33.2 Å². The predicted octanol–water partition coefficient (Wildman–Crippen LogP) is 3.67. The summed E-state index contributed by atoms with van der Waals surface area (Å²) >= 11 is 2.15. The van der Waals surface area contributed by atoms with Gasteiger partial charge in [0.25, 0.3) is 0 Å². The lowest BCUT2D eigenvalue weighted by Crippen LogP contribution is -2.46. The molecule has 7 nitrogen and oxygen atoms in total. The van der Waals surface area contributed by atoms with Crippen LogP contribution >= 0.6 is 22.6 Å². The number of carbonyl (C=O) groups excluding carboxylic acids is 2. The number of allylic oxidation sites excluding steroid dienone is 1. The van der Waals surface area contributed by atoms with Crippen LogP contribution in [0.25, 0.3) is 0 Å². The lowest BCUT2D eigenvalue weighted by Gasteiger charge is -2.30. The summed E-state index contributed by atoms with van der Waals surface area (Å²) in [6, 6.07) is 2.70. The number of carbonyl (C=O) groups is 2. The zero-order chi connectivity index (χ0) is 20.0. The summed E-state index contributed by atoms with van der Waals surface area (Å²) in [6.45, 7) is 6.35. The quantitative estimate of drug-likeness (QED) is 0.431. The van der Waals surface area contributed by atoms with Crippen LogP contribution in [0.2, 0.25) is 0 Å². The molecule has 0 bridgehead atoms. The second kappa shape index (κ2) is 9.82. The summed E-state index contributed by atoms with van der Waals surface area (Å²) < 4.78 is 17.2. The highest BCUT2D eigenvalue weighted by Gasteiger charge is 2.34. The summed E-state index contributed by atoms with van der Waals surface area (Å²) in [7, 11) is 1.58. The van der Waals surface area contributed by atoms with Gasteiger partial charge in [-0.05, 0) is 60.6 Å². The molecule has 2 N–H and O–H groups in total. The van der Waals surface area contributed by atoms with E-state index >= 15 is 0 Å². The number of urea groups is 1. The Balaban J connectivity index is 2.60. The van der Waals surface area contributed by atoms with Gasteiger partial charge in [0.05, 0.1) is 35.5 Å². The summed E-state index contributed by atoms with van der Waals surface area (Å²) in [6.07, 6.45) is 1.36. The van der Waals surface area contributed by atoms with Crippen LogP contribution < -0.4 is 20.1 Å². The first-order valence-corrected chi connectivity index (χ1v) is 10.0. The SMILES string of the molecule is CCCC1=C(C(=O)OCC)[C@H](c2cc(I)c(OC)c(OCC)c2)NC(=O)N1. The van der Waals surface area contributed by atoms with E-state index in [1.54, 1.807) is 20.1 Å². The number of benzene rings is 1. The van der Waals surface area contributed by atoms with Crippen molar-refractivity contribution in [3.63, 3.8) is 0 Å². The third kappa shape index (κ3) is 4.85. The van der Waals surface area contributed by atoms with Gasteiger partial charge in [-0.15, -0.1) is 0 Å². The molecule has 0 fully saturated rings. The molecule has 1 aliphatic rings. The molecule has 1 aromatic carbocycles. The molecular formula is C19H25IN2O5. The van der Waals surface area contributed by atoms with Gasteiger partial charge < -0.3 is 24.8 Å². The Hall–Kier alpha value is -1.97. The molecule has 27 heavy (non-hydrogen) atoms. The maximum Gasteiger partial charge on any atom is 0.338 e. The molecule has 0 unspecified atom stereocenters. The fourth-order valence-corrected chi connectivity index (χ4v) is 3.83. The van der Waals surface area contributed by atoms with E-state index in [0.29, 0.717) is 35.8 Å². The van der Waals surface area contributed by atoms with Crippen LogP contribution in [-0.4, -0.2) is 32.3 Å². The van der Waals surface area contributed by atoms with Crippen molar-refractivity contribution < 1.29 is 23.8 Å². The molecule has 8 heteroatoms. The monoisotopic (exact) mass is 488 g/mol. The van der Waals surface area contributed by atoms with E-state index in [4.69, 9.17) is 14.2 Å². The van der Waals surface area contributed by atoms with E-state index in [1.807, 2.05) is 19.9 Å². The highest BCUT2D eigenvalue weighted by Crippen LogP contribution is 2.38. The smallest absolute Gasteiger partial charge is 0.338 e. The van der Waals surface area contributed by atoms with E-state index in [9.17, 15) is 9.59 Å². The number of amides is 2. The Morgan fingerprint density at radius 2 is 1.96 bits per heavy atom. The second-order valence-electron chi connectivity index (χ2n) is 5.86. The highest BCUT2D eigenvalue weighted by atomic mass is 127. The van der Waals surface area contributed by atoms with E-state index < -0.39 is 12.0 Å². The normalized spacial score (nSPS) is 16.5. The molecule has 0 saturated heterocycles. The van der Waals surface area contributed by atoms with Crippen LogP contribution in [0.15, 0.2) is 23.4 Å². The van der Waals surface area contributed by atoms with Crippen LogP contribution in [0.3, 0.4) is 0 Å². The number of halogens is 1. The molecule has 1 heterocycles. The van der Waals surface area contributed by atoms with Crippen LogP contribution in [0.5, 0.6) is 11.5 Å². The van der Waals surface area contributed by atoms with E-state index in [-0.39, 0.29) is 12.6 Å². The summed E-state index contributed by atoms with van der Waals surface area (Å²) in [5.74, 6) is 0.745. The van der Waals surface area contributed by atoms with Crippen molar-refractivity contribution in [1.82, 2.24) is 10.6 Å². The van der Waals surface area contributed by atoms with Gasteiger partial charge in [-0.2, -0.15) is 0 Å². The van der Waals surface area contributed by atoms with Crippen molar-refractivity contribution in [3.8, 4) is 11.5 Å². The summed E-state index contributed by atoms with van der Waals surface area (Å²) in [4.78, 5) is 24.9. The molecule has 0 aromatic heterocycles. The van der Waals surface area contributed by atoms with Crippen molar-refractivity contribution in [2.75, 3.05) is 20.3 Å². The zero-order valence-corrected chi connectivity index (χ0v) is 18.1. The molecule has 2 rings (SSSR count). The molecular weight excluding hydrogens is 463 g/mol. The van der Waals surface area contributed by atoms with Crippen LogP contribution in [-0.2, 0) is 9.53 Å². The zero-order valence-electron chi connectivity index (χ0n) is 16.0. The molecule has 148 valence electrons. The van der Waals surface area contributed by atoms with Crippen molar-refractivity contribution in [2.24, 2.45) is 0 Å². The molecule has 1 aliphatic heterocycles. The minimum atomic E-state index is -0.627. The number of nitrogens with one attached hydrogen (secondary N) is 2. The van der Waals surface area contributed by atoms with Crippen molar-refractivity contribution >= 4 is 34.6 Å². The van der Waals surface area contributed by atoms with Gasteiger partial charge in [0, 0.05) is 5.70 Å². The molecule has 0 radical (unpaired) electrons. The molecule has 0 aliphatic carbocycles. The number of ether oxygens (including phenoxy) is 3. The average Bonchev–Trinajstić information content (AvgIpc) is 2.61. The van der Waals surface area contributed by atoms with Gasteiger partial charge in [0.1, 0.15) is 0 Å². The topological polar surface area (TPSA) is 85.9 Å². The van der Waals surface area contributed by atoms with Gasteiger partial charge >= 0.3 is 12.0 Å². The number of hydrogen-bond acceptors (Lipinski definition) is 5. The van der Waals surface area contributed by atoms with Crippen molar-refractivity contribution in [1.29, 1.82) is 0 Å². The Morgan fingerprint density at radius 1 is 1.22 bits per heavy atom. The Kier molecular flexibility index (Phi) is 7.76. The first kappa shape index (κ1) is 21.3. The summed E-state index contributed by atoms with van der Waals surface area (Å²) in [5, 5.41) is 5.59. The molecule has 0 spiro atoms. The Bertz CT molecular complexity index is 748. The van der Waals surface area contributed by atoms with Crippen LogP contribution in [0.1, 0.15) is 45.2 Å².